The van der Waals surface area contributed by atoms with Crippen molar-refractivity contribution in [3.8, 4) is 5.75 Å². The number of methoxy groups -OCH3 is 1. The molecule has 0 radical (unpaired) electrons. The number of carbonyl (C=O) groups excluding carboxylic acids is 3. The Morgan fingerprint density at radius 3 is 2.51 bits per heavy atom. The highest BCUT2D eigenvalue weighted by Crippen LogP contribution is 2.31. The molecule has 1 aromatic carbocycles. The number of nitrogens with two attached hydrogens (primary N) is 2. The molecule has 0 saturated heterocycles. The van der Waals surface area contributed by atoms with Crippen LogP contribution in [0, 0.1) is 0 Å². The van der Waals surface area contributed by atoms with Crippen LogP contribution in [0.2, 0.25) is 0 Å². The number of benzene rings is 1. The molecular weight excluding hydrogens is 470 g/mol. The van der Waals surface area contributed by atoms with Crippen molar-refractivity contribution in [2.45, 2.75) is 44.3 Å². The number of ether oxygens (including phenoxy) is 1. The molecule has 184 valence electrons. The van der Waals surface area contributed by atoms with Crippen molar-refractivity contribution in [3.63, 3.8) is 0 Å². The predicted octanol–water partition coefficient (Wildman–Crippen LogP) is 2.87. The Morgan fingerprint density at radius 1 is 1.23 bits per heavy atom. The molecular formula is C24H27N5O5S. The fraction of sp³-hybridized carbons (Fsp3) is 0.333. The lowest BCUT2D eigenvalue weighted by Crippen LogP contribution is -2.45. The fourth-order valence-corrected chi connectivity index (χ4v) is 4.95. The normalized spacial score (nSPS) is 14.4. The van der Waals surface area contributed by atoms with E-state index in [1.165, 1.54) is 11.2 Å². The topological polar surface area (TPSA) is 154 Å². The van der Waals surface area contributed by atoms with Gasteiger partial charge in [-0.3, -0.25) is 14.4 Å². The lowest BCUT2D eigenvalue weighted by Gasteiger charge is -2.30. The van der Waals surface area contributed by atoms with Gasteiger partial charge in [-0.05, 0) is 54.2 Å². The largest absolute Gasteiger partial charge is 0.497 e. The first-order chi connectivity index (χ1) is 16.9. The minimum Gasteiger partial charge on any atom is -0.497 e. The summed E-state index contributed by atoms with van der Waals surface area (Å²) in [5, 5.41) is 3.07. The first kappa shape index (κ1) is 24.3. The maximum atomic E-state index is 13.8. The zero-order valence-electron chi connectivity index (χ0n) is 19.2. The summed E-state index contributed by atoms with van der Waals surface area (Å²) < 4.78 is 14.8. The van der Waals surface area contributed by atoms with Crippen molar-refractivity contribution in [2.24, 2.45) is 5.73 Å². The molecule has 3 aromatic rings. The predicted molar refractivity (Wildman–Crippen MR) is 130 cm³/mol. The summed E-state index contributed by atoms with van der Waals surface area (Å²) in [5.41, 5.74) is 11.9. The molecule has 1 saturated carbocycles. The SMILES string of the molecule is COc1ccc(CN(C(=O)c2snc(C(N)=O)c2N)[C@H](C(=O)NC2CCCC2)c2ccco2)cc1. The molecule has 1 aliphatic carbocycles. The summed E-state index contributed by atoms with van der Waals surface area (Å²) in [4.78, 5) is 40.5. The van der Waals surface area contributed by atoms with Crippen molar-refractivity contribution >= 4 is 34.9 Å². The third-order valence-electron chi connectivity index (χ3n) is 6.00. The quantitative estimate of drug-likeness (QED) is 0.411. The molecule has 35 heavy (non-hydrogen) atoms. The number of carbonyl (C=O) groups is 3. The number of aromatic nitrogens is 1. The van der Waals surface area contributed by atoms with E-state index in [0.29, 0.717) is 11.5 Å². The van der Waals surface area contributed by atoms with Crippen LogP contribution in [0.5, 0.6) is 5.75 Å². The Morgan fingerprint density at radius 2 is 1.94 bits per heavy atom. The van der Waals surface area contributed by atoms with E-state index < -0.39 is 17.9 Å². The number of hydrogen-bond acceptors (Lipinski definition) is 8. The molecule has 1 atom stereocenters. The van der Waals surface area contributed by atoms with Crippen molar-refractivity contribution in [2.75, 3.05) is 12.8 Å². The van der Waals surface area contributed by atoms with Crippen LogP contribution < -0.4 is 21.5 Å². The van der Waals surface area contributed by atoms with Crippen LogP contribution >= 0.6 is 11.5 Å². The second kappa shape index (κ2) is 10.6. The van der Waals surface area contributed by atoms with Crippen molar-refractivity contribution in [1.29, 1.82) is 0 Å². The van der Waals surface area contributed by atoms with Gasteiger partial charge in [0, 0.05) is 12.6 Å². The average molecular weight is 498 g/mol. The Kier molecular flexibility index (Phi) is 7.35. The highest BCUT2D eigenvalue weighted by molar-refractivity contribution is 7.09. The van der Waals surface area contributed by atoms with E-state index in [-0.39, 0.29) is 34.8 Å². The first-order valence-corrected chi connectivity index (χ1v) is 12.0. The number of amides is 3. The second-order valence-electron chi connectivity index (χ2n) is 8.33. The third-order valence-corrected chi connectivity index (χ3v) is 6.85. The number of furan rings is 1. The zero-order valence-corrected chi connectivity index (χ0v) is 20.0. The van der Waals surface area contributed by atoms with Crippen LogP contribution in [-0.2, 0) is 11.3 Å². The maximum Gasteiger partial charge on any atom is 0.270 e. The van der Waals surface area contributed by atoms with Gasteiger partial charge < -0.3 is 30.8 Å². The third kappa shape index (κ3) is 5.29. The van der Waals surface area contributed by atoms with Gasteiger partial charge in [-0.1, -0.05) is 25.0 Å². The summed E-state index contributed by atoms with van der Waals surface area (Å²) >= 11 is 0.767. The van der Waals surface area contributed by atoms with Crippen LogP contribution in [0.1, 0.15) is 63.2 Å². The molecule has 0 unspecified atom stereocenters. The van der Waals surface area contributed by atoms with Gasteiger partial charge in [-0.2, -0.15) is 4.37 Å². The molecule has 0 aliphatic heterocycles. The highest BCUT2D eigenvalue weighted by atomic mass is 32.1. The average Bonchev–Trinajstić information content (AvgIpc) is 3.61. The molecule has 2 aromatic heterocycles. The fourth-order valence-electron chi connectivity index (χ4n) is 4.19. The maximum absolute atomic E-state index is 13.8. The molecule has 5 N–H and O–H groups in total. The number of nitrogens with one attached hydrogen (secondary N) is 1. The van der Waals surface area contributed by atoms with E-state index in [1.807, 2.05) is 0 Å². The number of rotatable bonds is 9. The van der Waals surface area contributed by atoms with Gasteiger partial charge in [0.25, 0.3) is 17.7 Å². The Balaban J connectivity index is 1.74. The van der Waals surface area contributed by atoms with Gasteiger partial charge in [0.05, 0.1) is 19.1 Å². The standard InChI is InChI=1S/C24H27N5O5S/c1-33-16-10-8-14(9-11-16)13-29(24(32)21-18(25)19(22(26)30)28-35-21)20(17-7-4-12-34-17)23(31)27-15-5-2-3-6-15/h4,7-12,15,20H,2-3,5-6,13,25H2,1H3,(H2,26,30)(H,27,31)/t20-/m0/s1. The van der Waals surface area contributed by atoms with E-state index in [4.69, 9.17) is 20.6 Å². The number of hydrogen-bond donors (Lipinski definition) is 3. The minimum absolute atomic E-state index is 0.0255. The number of nitrogen functional groups attached to an aromatic ring is 1. The summed E-state index contributed by atoms with van der Waals surface area (Å²) in [6.07, 6.45) is 5.30. The zero-order chi connectivity index (χ0) is 24.9. The van der Waals surface area contributed by atoms with Crippen LogP contribution in [0.3, 0.4) is 0 Å². The smallest absolute Gasteiger partial charge is 0.270 e. The molecule has 0 bridgehead atoms. The molecule has 1 aliphatic rings. The summed E-state index contributed by atoms with van der Waals surface area (Å²) in [6, 6.07) is 9.42. The number of nitrogens with zero attached hydrogens (tertiary/aromatic N) is 2. The lowest BCUT2D eigenvalue weighted by molar-refractivity contribution is -0.127. The number of anilines is 1. The van der Waals surface area contributed by atoms with Crippen molar-refractivity contribution in [1.82, 2.24) is 14.6 Å². The molecule has 4 rings (SSSR count). The number of primary amides is 1. The Hall–Kier alpha value is -3.86. The summed E-state index contributed by atoms with van der Waals surface area (Å²) in [5.74, 6) is -0.786. The molecule has 3 amide bonds. The molecule has 2 heterocycles. The lowest BCUT2D eigenvalue weighted by atomic mass is 10.1. The molecule has 1 fully saturated rings. The minimum atomic E-state index is -1.07. The van der Waals surface area contributed by atoms with Crippen LogP contribution in [-0.4, -0.2) is 40.1 Å². The van der Waals surface area contributed by atoms with E-state index in [1.54, 1.807) is 43.5 Å². The summed E-state index contributed by atoms with van der Waals surface area (Å²) in [7, 11) is 1.56. The monoisotopic (exact) mass is 497 g/mol. The van der Waals surface area contributed by atoms with Crippen LogP contribution in [0.15, 0.2) is 47.1 Å². The van der Waals surface area contributed by atoms with Crippen molar-refractivity contribution in [3.05, 3.63) is 64.6 Å². The van der Waals surface area contributed by atoms with Gasteiger partial charge in [0.1, 0.15) is 16.4 Å². The van der Waals surface area contributed by atoms with Gasteiger partial charge in [0.15, 0.2) is 11.7 Å². The van der Waals surface area contributed by atoms with Crippen LogP contribution in [0.4, 0.5) is 5.69 Å². The van der Waals surface area contributed by atoms with Gasteiger partial charge in [0.2, 0.25) is 0 Å². The van der Waals surface area contributed by atoms with E-state index in [0.717, 1.165) is 42.8 Å². The van der Waals surface area contributed by atoms with E-state index in [2.05, 4.69) is 9.69 Å². The molecule has 0 spiro atoms. The Labute approximate surface area is 206 Å². The first-order valence-electron chi connectivity index (χ1n) is 11.2. The summed E-state index contributed by atoms with van der Waals surface area (Å²) in [6.45, 7) is 0.0650. The second-order valence-corrected chi connectivity index (χ2v) is 9.10. The highest BCUT2D eigenvalue weighted by Gasteiger charge is 2.37. The van der Waals surface area contributed by atoms with E-state index >= 15 is 0 Å². The van der Waals surface area contributed by atoms with Gasteiger partial charge in [-0.25, -0.2) is 0 Å². The molecule has 11 heteroatoms. The van der Waals surface area contributed by atoms with E-state index in [9.17, 15) is 14.4 Å². The van der Waals surface area contributed by atoms with Gasteiger partial charge in [-0.15, -0.1) is 0 Å². The van der Waals surface area contributed by atoms with Crippen molar-refractivity contribution < 1.29 is 23.5 Å². The molecule has 10 nitrogen and oxygen atoms in total. The van der Waals surface area contributed by atoms with Crippen LogP contribution in [0.25, 0.3) is 0 Å². The van der Waals surface area contributed by atoms with Gasteiger partial charge >= 0.3 is 0 Å². The Bertz CT molecular complexity index is 1190.